The standard InChI is InChI=1S/C19H15N3O2S/c1-11-10-12(2)20-19-15(11)16(17(25-19)14-8-9-24-22-14)21-18(23)13-6-4-3-5-7-13/h3-10H,1-2H3,(H,21,23). The van der Waals surface area contributed by atoms with Crippen LogP contribution in [0.3, 0.4) is 0 Å². The Bertz CT molecular complexity index is 1050. The lowest BCUT2D eigenvalue weighted by atomic mass is 10.1. The molecule has 124 valence electrons. The smallest absolute Gasteiger partial charge is 0.255 e. The molecule has 0 saturated heterocycles. The molecule has 4 rings (SSSR count). The number of thiophene rings is 1. The lowest BCUT2D eigenvalue weighted by Gasteiger charge is -2.08. The second-order valence-corrected chi connectivity index (χ2v) is 6.77. The number of hydrogen-bond acceptors (Lipinski definition) is 5. The average molecular weight is 349 g/mol. The molecule has 0 radical (unpaired) electrons. The summed E-state index contributed by atoms with van der Waals surface area (Å²) in [5.41, 5.74) is 4.03. The molecule has 3 heterocycles. The van der Waals surface area contributed by atoms with E-state index in [1.807, 2.05) is 38.1 Å². The zero-order valence-electron chi connectivity index (χ0n) is 13.7. The Morgan fingerprint density at radius 1 is 1.16 bits per heavy atom. The van der Waals surface area contributed by atoms with Crippen LogP contribution in [0.2, 0.25) is 0 Å². The third kappa shape index (κ3) is 2.81. The Labute approximate surface area is 148 Å². The minimum Gasteiger partial charge on any atom is -0.364 e. The molecule has 0 atom stereocenters. The highest BCUT2D eigenvalue weighted by Crippen LogP contribution is 2.43. The van der Waals surface area contributed by atoms with Crippen LogP contribution < -0.4 is 5.32 Å². The molecule has 5 nitrogen and oxygen atoms in total. The highest BCUT2D eigenvalue weighted by atomic mass is 32.1. The van der Waals surface area contributed by atoms with Gasteiger partial charge in [-0.2, -0.15) is 0 Å². The summed E-state index contributed by atoms with van der Waals surface area (Å²) in [6.07, 6.45) is 1.52. The number of nitrogens with one attached hydrogen (secondary N) is 1. The van der Waals surface area contributed by atoms with Gasteiger partial charge in [-0.3, -0.25) is 4.79 Å². The number of benzene rings is 1. The van der Waals surface area contributed by atoms with Crippen molar-refractivity contribution in [1.82, 2.24) is 10.1 Å². The number of pyridine rings is 1. The van der Waals surface area contributed by atoms with Crippen LogP contribution in [0.15, 0.2) is 53.3 Å². The number of aromatic nitrogens is 2. The second kappa shape index (κ2) is 6.14. The number of anilines is 1. The molecule has 3 aromatic heterocycles. The first-order valence-electron chi connectivity index (χ1n) is 7.81. The molecule has 0 aliphatic heterocycles. The largest absolute Gasteiger partial charge is 0.364 e. The van der Waals surface area contributed by atoms with Crippen LogP contribution in [0, 0.1) is 13.8 Å². The molecule has 0 aliphatic carbocycles. The van der Waals surface area contributed by atoms with Gasteiger partial charge >= 0.3 is 0 Å². The molecule has 1 aromatic carbocycles. The Morgan fingerprint density at radius 3 is 2.68 bits per heavy atom. The normalized spacial score (nSPS) is 11.0. The van der Waals surface area contributed by atoms with Gasteiger partial charge in [0.15, 0.2) is 0 Å². The zero-order chi connectivity index (χ0) is 17.4. The maximum atomic E-state index is 12.7. The third-order valence-corrected chi connectivity index (χ3v) is 5.04. The summed E-state index contributed by atoms with van der Waals surface area (Å²) < 4.78 is 4.99. The first-order chi connectivity index (χ1) is 12.1. The lowest BCUT2D eigenvalue weighted by Crippen LogP contribution is -2.12. The van der Waals surface area contributed by atoms with E-state index >= 15 is 0 Å². The topological polar surface area (TPSA) is 68.0 Å². The highest BCUT2D eigenvalue weighted by molar-refractivity contribution is 7.22. The van der Waals surface area contributed by atoms with E-state index in [0.29, 0.717) is 11.3 Å². The van der Waals surface area contributed by atoms with E-state index in [1.54, 1.807) is 18.2 Å². The monoisotopic (exact) mass is 349 g/mol. The molecule has 0 spiro atoms. The fraction of sp³-hybridized carbons (Fsp3) is 0.105. The predicted molar refractivity (Wildman–Crippen MR) is 99.0 cm³/mol. The Hall–Kier alpha value is -2.99. The van der Waals surface area contributed by atoms with Crippen molar-refractivity contribution >= 4 is 33.1 Å². The zero-order valence-corrected chi connectivity index (χ0v) is 14.6. The number of carbonyl (C=O) groups is 1. The maximum Gasteiger partial charge on any atom is 0.255 e. The van der Waals surface area contributed by atoms with Crippen molar-refractivity contribution in [1.29, 1.82) is 0 Å². The molecular weight excluding hydrogens is 334 g/mol. The SMILES string of the molecule is Cc1cc(C)c2c(NC(=O)c3ccccc3)c(-c3ccon3)sc2n1. The average Bonchev–Trinajstić information content (AvgIpc) is 3.23. The summed E-state index contributed by atoms with van der Waals surface area (Å²) in [6.45, 7) is 3.98. The van der Waals surface area contributed by atoms with Crippen molar-refractivity contribution < 1.29 is 9.32 Å². The fourth-order valence-electron chi connectivity index (χ4n) is 2.85. The second-order valence-electron chi connectivity index (χ2n) is 5.77. The van der Waals surface area contributed by atoms with E-state index in [0.717, 1.165) is 32.0 Å². The van der Waals surface area contributed by atoms with Crippen LogP contribution in [0.4, 0.5) is 5.69 Å². The summed E-state index contributed by atoms with van der Waals surface area (Å²) in [6, 6.07) is 12.9. The molecule has 1 N–H and O–H groups in total. The van der Waals surface area contributed by atoms with Crippen LogP contribution in [0.25, 0.3) is 20.8 Å². The molecular formula is C19H15N3O2S. The minimum atomic E-state index is -0.162. The number of amides is 1. The van der Waals surface area contributed by atoms with Gasteiger partial charge < -0.3 is 9.84 Å². The first kappa shape index (κ1) is 15.5. The maximum absolute atomic E-state index is 12.7. The van der Waals surface area contributed by atoms with Gasteiger partial charge in [0.1, 0.15) is 16.8 Å². The van der Waals surface area contributed by atoms with Gasteiger partial charge in [0.25, 0.3) is 5.91 Å². The van der Waals surface area contributed by atoms with Gasteiger partial charge in [0.2, 0.25) is 0 Å². The summed E-state index contributed by atoms with van der Waals surface area (Å²) in [5, 5.41) is 8.02. The van der Waals surface area contributed by atoms with E-state index in [9.17, 15) is 4.79 Å². The number of nitrogens with zero attached hydrogens (tertiary/aromatic N) is 2. The fourth-order valence-corrected chi connectivity index (χ4v) is 4.06. The molecule has 0 bridgehead atoms. The molecule has 0 saturated carbocycles. The Balaban J connectivity index is 1.88. The van der Waals surface area contributed by atoms with Crippen LogP contribution in [0.1, 0.15) is 21.6 Å². The van der Waals surface area contributed by atoms with Crippen molar-refractivity contribution in [2.45, 2.75) is 13.8 Å². The van der Waals surface area contributed by atoms with Gasteiger partial charge in [-0.15, -0.1) is 11.3 Å². The van der Waals surface area contributed by atoms with Crippen molar-refractivity contribution in [2.24, 2.45) is 0 Å². The molecule has 6 heteroatoms. The quantitative estimate of drug-likeness (QED) is 0.576. The van der Waals surface area contributed by atoms with E-state index in [4.69, 9.17) is 4.52 Å². The van der Waals surface area contributed by atoms with Gasteiger partial charge in [0, 0.05) is 22.7 Å². The summed E-state index contributed by atoms with van der Waals surface area (Å²) in [4.78, 5) is 19.0. The molecule has 0 fully saturated rings. The van der Waals surface area contributed by atoms with Crippen LogP contribution in [-0.4, -0.2) is 16.0 Å². The van der Waals surface area contributed by atoms with E-state index in [1.165, 1.54) is 17.6 Å². The predicted octanol–water partition coefficient (Wildman–Crippen LogP) is 4.82. The molecule has 0 aliphatic rings. The summed E-state index contributed by atoms with van der Waals surface area (Å²) in [7, 11) is 0. The number of hydrogen-bond donors (Lipinski definition) is 1. The van der Waals surface area contributed by atoms with Crippen LogP contribution in [-0.2, 0) is 0 Å². The molecule has 1 amide bonds. The van der Waals surface area contributed by atoms with Gasteiger partial charge in [-0.05, 0) is 37.6 Å². The van der Waals surface area contributed by atoms with Crippen molar-refractivity contribution in [2.75, 3.05) is 5.32 Å². The minimum absolute atomic E-state index is 0.162. The third-order valence-electron chi connectivity index (χ3n) is 3.93. The highest BCUT2D eigenvalue weighted by Gasteiger charge is 2.21. The number of aryl methyl sites for hydroxylation is 2. The number of rotatable bonds is 3. The molecule has 25 heavy (non-hydrogen) atoms. The van der Waals surface area contributed by atoms with E-state index in [-0.39, 0.29) is 5.91 Å². The first-order valence-corrected chi connectivity index (χ1v) is 8.63. The van der Waals surface area contributed by atoms with Gasteiger partial charge in [-0.25, -0.2) is 4.98 Å². The molecule has 4 aromatic rings. The Kier molecular flexibility index (Phi) is 3.82. The molecule has 0 unspecified atom stereocenters. The van der Waals surface area contributed by atoms with Crippen molar-refractivity contribution in [3.63, 3.8) is 0 Å². The van der Waals surface area contributed by atoms with Crippen molar-refractivity contribution in [3.05, 3.63) is 65.5 Å². The number of carbonyl (C=O) groups excluding carboxylic acids is 1. The van der Waals surface area contributed by atoms with Gasteiger partial charge in [-0.1, -0.05) is 23.4 Å². The van der Waals surface area contributed by atoms with E-state index < -0.39 is 0 Å². The van der Waals surface area contributed by atoms with Gasteiger partial charge in [0.05, 0.1) is 10.6 Å². The summed E-state index contributed by atoms with van der Waals surface area (Å²) >= 11 is 1.50. The number of fused-ring (bicyclic) bond motifs is 1. The van der Waals surface area contributed by atoms with Crippen molar-refractivity contribution in [3.8, 4) is 10.6 Å². The Morgan fingerprint density at radius 2 is 1.96 bits per heavy atom. The van der Waals surface area contributed by atoms with E-state index in [2.05, 4.69) is 15.5 Å². The van der Waals surface area contributed by atoms with Crippen LogP contribution >= 0.6 is 11.3 Å². The lowest BCUT2D eigenvalue weighted by molar-refractivity contribution is 0.102. The van der Waals surface area contributed by atoms with Crippen LogP contribution in [0.5, 0.6) is 0 Å². The summed E-state index contributed by atoms with van der Waals surface area (Å²) in [5.74, 6) is -0.162.